The molecule has 2 N–H and O–H groups in total. The molecule has 0 radical (unpaired) electrons. The minimum atomic E-state index is -0.163. The van der Waals surface area contributed by atoms with Crippen molar-refractivity contribution in [3.05, 3.63) is 17.3 Å². The van der Waals surface area contributed by atoms with Crippen molar-refractivity contribution in [2.45, 2.75) is 51.5 Å². The maximum Gasteiger partial charge on any atom is 0.272 e. The van der Waals surface area contributed by atoms with E-state index in [4.69, 9.17) is 0 Å². The van der Waals surface area contributed by atoms with E-state index < -0.39 is 0 Å². The van der Waals surface area contributed by atoms with E-state index in [0.29, 0.717) is 17.9 Å². The molecule has 0 aromatic carbocycles. The number of amides is 2. The Balaban J connectivity index is 1.71. The Labute approximate surface area is 123 Å². The van der Waals surface area contributed by atoms with Crippen molar-refractivity contribution in [1.82, 2.24) is 15.5 Å². The summed E-state index contributed by atoms with van der Waals surface area (Å²) in [5.41, 5.74) is 1.18. The van der Waals surface area contributed by atoms with E-state index in [-0.39, 0.29) is 23.8 Å². The largest absolute Gasteiger partial charge is 0.348 e. The van der Waals surface area contributed by atoms with Crippen molar-refractivity contribution in [3.8, 4) is 0 Å². The maximum absolute atomic E-state index is 12.2. The summed E-state index contributed by atoms with van der Waals surface area (Å²) in [6.45, 7) is 1.96. The number of nitrogens with zero attached hydrogens (tertiary/aromatic N) is 2. The molecule has 0 bridgehead atoms. The molecule has 2 fully saturated rings. The van der Waals surface area contributed by atoms with Crippen LogP contribution in [-0.4, -0.2) is 28.1 Å². The molecule has 1 heterocycles. The summed E-state index contributed by atoms with van der Waals surface area (Å²) in [5, 5.41) is 13.7. The number of hydrogen-bond donors (Lipinski definition) is 2. The Kier molecular flexibility index (Phi) is 3.86. The Bertz CT molecular complexity index is 565. The summed E-state index contributed by atoms with van der Waals surface area (Å²) in [4.78, 5) is 23.9. The lowest BCUT2D eigenvalue weighted by molar-refractivity contribution is -0.117. The van der Waals surface area contributed by atoms with Gasteiger partial charge in [0.15, 0.2) is 11.5 Å². The summed E-state index contributed by atoms with van der Waals surface area (Å²) in [6, 6.07) is 2.03. The smallest absolute Gasteiger partial charge is 0.272 e. The summed E-state index contributed by atoms with van der Waals surface area (Å²) in [6.07, 6.45) is 5.81. The van der Waals surface area contributed by atoms with Gasteiger partial charge in [-0.25, -0.2) is 0 Å². The van der Waals surface area contributed by atoms with Gasteiger partial charge in [-0.3, -0.25) is 9.59 Å². The van der Waals surface area contributed by atoms with E-state index in [2.05, 4.69) is 20.8 Å². The number of carbonyl (C=O) groups excluding carboxylic acids is 2. The lowest BCUT2D eigenvalue weighted by atomic mass is 9.93. The zero-order valence-electron chi connectivity index (χ0n) is 12.2. The van der Waals surface area contributed by atoms with Crippen LogP contribution in [0.25, 0.3) is 0 Å². The minimum absolute atomic E-state index is 0.00183. The fourth-order valence-corrected chi connectivity index (χ4v) is 2.33. The summed E-state index contributed by atoms with van der Waals surface area (Å²) < 4.78 is 0. The van der Waals surface area contributed by atoms with Crippen LogP contribution in [0.5, 0.6) is 0 Å². The molecule has 2 aliphatic rings. The van der Waals surface area contributed by atoms with Crippen LogP contribution >= 0.6 is 0 Å². The van der Waals surface area contributed by atoms with Crippen LogP contribution in [0.2, 0.25) is 0 Å². The Morgan fingerprint density at radius 1 is 1.24 bits per heavy atom. The average Bonchev–Trinajstić information content (AvgIpc) is 3.27. The second kappa shape index (κ2) is 5.79. The van der Waals surface area contributed by atoms with Gasteiger partial charge in [0.1, 0.15) is 0 Å². The standard InChI is InChI=1S/C15H20N4O2/c1-2-9-8-12(17-14(20)10-6-7-10)18-19-13(9)15(21)16-11-4-3-5-11/h8,10-11H,2-7H2,1H3,(H,16,21)(H,17,18,20). The van der Waals surface area contributed by atoms with Gasteiger partial charge in [0, 0.05) is 12.0 Å². The third-order valence-corrected chi connectivity index (χ3v) is 4.11. The van der Waals surface area contributed by atoms with Crippen LogP contribution in [0, 0.1) is 5.92 Å². The molecule has 3 rings (SSSR count). The van der Waals surface area contributed by atoms with E-state index in [9.17, 15) is 9.59 Å². The first-order valence-corrected chi connectivity index (χ1v) is 7.65. The van der Waals surface area contributed by atoms with Crippen molar-refractivity contribution in [3.63, 3.8) is 0 Å². The van der Waals surface area contributed by atoms with E-state index in [0.717, 1.165) is 31.2 Å². The van der Waals surface area contributed by atoms with Gasteiger partial charge in [0.25, 0.3) is 5.91 Å². The normalized spacial score (nSPS) is 18.0. The van der Waals surface area contributed by atoms with Gasteiger partial charge in [0.2, 0.25) is 5.91 Å². The Morgan fingerprint density at radius 3 is 2.57 bits per heavy atom. The maximum atomic E-state index is 12.2. The van der Waals surface area contributed by atoms with Crippen LogP contribution in [0.1, 0.15) is 55.1 Å². The van der Waals surface area contributed by atoms with E-state index in [1.165, 1.54) is 6.42 Å². The van der Waals surface area contributed by atoms with Crippen molar-refractivity contribution >= 4 is 17.6 Å². The van der Waals surface area contributed by atoms with Gasteiger partial charge in [-0.1, -0.05) is 6.92 Å². The van der Waals surface area contributed by atoms with Crippen molar-refractivity contribution in [2.75, 3.05) is 5.32 Å². The van der Waals surface area contributed by atoms with Crippen LogP contribution in [0.15, 0.2) is 6.07 Å². The number of nitrogens with one attached hydrogen (secondary N) is 2. The molecule has 21 heavy (non-hydrogen) atoms. The topological polar surface area (TPSA) is 84.0 Å². The van der Waals surface area contributed by atoms with Gasteiger partial charge < -0.3 is 10.6 Å². The summed E-state index contributed by atoms with van der Waals surface area (Å²) in [7, 11) is 0. The highest BCUT2D eigenvalue weighted by Crippen LogP contribution is 2.30. The molecule has 2 amide bonds. The lowest BCUT2D eigenvalue weighted by Gasteiger charge is -2.26. The summed E-state index contributed by atoms with van der Waals surface area (Å²) in [5.74, 6) is 0.393. The molecule has 1 aromatic rings. The number of carbonyl (C=O) groups is 2. The van der Waals surface area contributed by atoms with Gasteiger partial charge >= 0.3 is 0 Å². The molecule has 0 saturated heterocycles. The van der Waals surface area contributed by atoms with Gasteiger partial charge in [0.05, 0.1) is 0 Å². The summed E-state index contributed by atoms with van der Waals surface area (Å²) >= 11 is 0. The number of aromatic nitrogens is 2. The average molecular weight is 288 g/mol. The molecule has 1 aromatic heterocycles. The molecule has 112 valence electrons. The first-order valence-electron chi connectivity index (χ1n) is 7.65. The zero-order chi connectivity index (χ0) is 14.8. The molecule has 0 aliphatic heterocycles. The molecule has 6 heteroatoms. The second-order valence-corrected chi connectivity index (χ2v) is 5.82. The van der Waals surface area contributed by atoms with Crippen LogP contribution in [-0.2, 0) is 11.2 Å². The van der Waals surface area contributed by atoms with Gasteiger partial charge in [-0.2, -0.15) is 0 Å². The van der Waals surface area contributed by atoms with Gasteiger partial charge in [-0.05, 0) is 50.2 Å². The Morgan fingerprint density at radius 2 is 2.00 bits per heavy atom. The lowest BCUT2D eigenvalue weighted by Crippen LogP contribution is -2.40. The monoisotopic (exact) mass is 288 g/mol. The number of hydrogen-bond acceptors (Lipinski definition) is 4. The van der Waals surface area contributed by atoms with Crippen LogP contribution in [0.3, 0.4) is 0 Å². The van der Waals surface area contributed by atoms with Crippen LogP contribution < -0.4 is 10.6 Å². The van der Waals surface area contributed by atoms with E-state index >= 15 is 0 Å². The first-order chi connectivity index (χ1) is 10.2. The highest BCUT2D eigenvalue weighted by atomic mass is 16.2. The molecule has 0 spiro atoms. The third kappa shape index (κ3) is 3.20. The van der Waals surface area contributed by atoms with Gasteiger partial charge in [-0.15, -0.1) is 10.2 Å². The number of anilines is 1. The molecule has 0 unspecified atom stereocenters. The van der Waals surface area contributed by atoms with E-state index in [1.54, 1.807) is 6.07 Å². The molecule has 2 aliphatic carbocycles. The quantitative estimate of drug-likeness (QED) is 0.863. The molecule has 2 saturated carbocycles. The zero-order valence-corrected chi connectivity index (χ0v) is 12.2. The SMILES string of the molecule is CCc1cc(NC(=O)C2CC2)nnc1C(=O)NC1CCC1. The number of rotatable bonds is 5. The molecule has 6 nitrogen and oxygen atoms in total. The van der Waals surface area contributed by atoms with Crippen LogP contribution in [0.4, 0.5) is 5.82 Å². The van der Waals surface area contributed by atoms with E-state index in [1.807, 2.05) is 6.92 Å². The highest BCUT2D eigenvalue weighted by Gasteiger charge is 2.30. The number of aryl methyl sites for hydroxylation is 1. The predicted octanol–water partition coefficient (Wildman–Crippen LogP) is 1.67. The second-order valence-electron chi connectivity index (χ2n) is 5.82. The minimum Gasteiger partial charge on any atom is -0.348 e. The highest BCUT2D eigenvalue weighted by molar-refractivity contribution is 5.95. The first kappa shape index (κ1) is 14.0. The van der Waals surface area contributed by atoms with Crippen molar-refractivity contribution in [1.29, 1.82) is 0 Å². The van der Waals surface area contributed by atoms with Crippen molar-refractivity contribution < 1.29 is 9.59 Å². The Hall–Kier alpha value is -1.98. The molecular weight excluding hydrogens is 268 g/mol. The molecule has 0 atom stereocenters. The fraction of sp³-hybridized carbons (Fsp3) is 0.600. The predicted molar refractivity (Wildman–Crippen MR) is 77.9 cm³/mol. The van der Waals surface area contributed by atoms with Crippen molar-refractivity contribution in [2.24, 2.45) is 5.92 Å². The molecular formula is C15H20N4O2. The third-order valence-electron chi connectivity index (χ3n) is 4.11. The fourth-order valence-electron chi connectivity index (χ4n) is 2.33.